The maximum Gasteiger partial charge on any atom is 0.240 e. The van der Waals surface area contributed by atoms with Crippen LogP contribution in [0.4, 0.5) is 5.95 Å². The zero-order chi connectivity index (χ0) is 19.8. The first-order valence-electron chi connectivity index (χ1n) is 8.58. The van der Waals surface area contributed by atoms with Gasteiger partial charge in [0.15, 0.2) is 0 Å². The second kappa shape index (κ2) is 9.56. The van der Waals surface area contributed by atoms with Crippen molar-refractivity contribution in [2.45, 2.75) is 18.1 Å². The Morgan fingerprint density at radius 2 is 2.00 bits per heavy atom. The summed E-state index contributed by atoms with van der Waals surface area (Å²) in [6.45, 7) is 1.94. The molecule has 0 unspecified atom stereocenters. The Kier molecular flexibility index (Phi) is 6.64. The monoisotopic (exact) mass is 396 g/mol. The molecule has 0 radical (unpaired) electrons. The number of phenols is 1. The number of thioether (sulfide) groups is 1. The maximum atomic E-state index is 12.1. The Labute approximate surface area is 166 Å². The molecule has 28 heavy (non-hydrogen) atoms. The Hall–Kier alpha value is -3.33. The molecule has 0 spiro atoms. The molecule has 0 saturated carbocycles. The highest BCUT2D eigenvalue weighted by molar-refractivity contribution is 7.99. The van der Waals surface area contributed by atoms with Crippen LogP contribution in [-0.4, -0.2) is 38.2 Å². The molecule has 9 heteroatoms. The van der Waals surface area contributed by atoms with Crippen molar-refractivity contribution in [3.05, 3.63) is 65.7 Å². The van der Waals surface area contributed by atoms with Crippen molar-refractivity contribution in [1.82, 2.24) is 20.5 Å². The molecule has 0 bridgehead atoms. The standard InChI is InChI=1S/C19H20N6O2S/c1-13(14-7-3-2-4-8-14)21-17(27)12-28-19-22-18(24-25-19)23-20-11-15-9-5-6-10-16(15)26/h2-11,13,26H,12H2,1H3,(H,21,27)(H2,22,23,24,25)/b20-11+/t13-/m1/s1. The third-order valence-electron chi connectivity index (χ3n) is 3.79. The highest BCUT2D eigenvalue weighted by atomic mass is 32.2. The van der Waals surface area contributed by atoms with E-state index in [4.69, 9.17) is 0 Å². The number of nitrogens with zero attached hydrogens (tertiary/aromatic N) is 3. The molecule has 1 heterocycles. The van der Waals surface area contributed by atoms with E-state index in [1.165, 1.54) is 18.0 Å². The second-order valence-corrected chi connectivity index (χ2v) is 6.83. The fraction of sp³-hybridized carbons (Fsp3) is 0.158. The van der Waals surface area contributed by atoms with Crippen LogP contribution in [0.2, 0.25) is 0 Å². The van der Waals surface area contributed by atoms with Crippen molar-refractivity contribution in [1.29, 1.82) is 0 Å². The van der Waals surface area contributed by atoms with Crippen LogP contribution in [0.3, 0.4) is 0 Å². The number of hydrogen-bond donors (Lipinski definition) is 4. The average molecular weight is 396 g/mol. The van der Waals surface area contributed by atoms with Crippen LogP contribution in [-0.2, 0) is 4.79 Å². The van der Waals surface area contributed by atoms with Gasteiger partial charge < -0.3 is 10.4 Å². The molecule has 1 aromatic heterocycles. The SMILES string of the molecule is C[C@@H](NC(=O)CSc1n[nH]c(N/N=C/c2ccccc2O)n1)c1ccccc1. The minimum atomic E-state index is -0.0989. The number of hydrazone groups is 1. The lowest BCUT2D eigenvalue weighted by Gasteiger charge is -2.13. The molecular weight excluding hydrogens is 376 g/mol. The van der Waals surface area contributed by atoms with Gasteiger partial charge >= 0.3 is 0 Å². The van der Waals surface area contributed by atoms with E-state index in [1.807, 2.05) is 37.3 Å². The van der Waals surface area contributed by atoms with Gasteiger partial charge in [0.2, 0.25) is 17.0 Å². The molecule has 2 aromatic carbocycles. The normalized spacial score (nSPS) is 12.0. The first-order valence-corrected chi connectivity index (χ1v) is 9.57. The highest BCUT2D eigenvalue weighted by Gasteiger charge is 2.11. The molecule has 1 atom stereocenters. The van der Waals surface area contributed by atoms with Gasteiger partial charge in [0.1, 0.15) is 5.75 Å². The quantitative estimate of drug-likeness (QED) is 0.264. The summed E-state index contributed by atoms with van der Waals surface area (Å²) in [6, 6.07) is 16.5. The second-order valence-electron chi connectivity index (χ2n) is 5.88. The number of aromatic nitrogens is 3. The number of carbonyl (C=O) groups is 1. The summed E-state index contributed by atoms with van der Waals surface area (Å²) in [5.41, 5.74) is 4.32. The van der Waals surface area contributed by atoms with E-state index in [1.54, 1.807) is 24.3 Å². The summed E-state index contributed by atoms with van der Waals surface area (Å²) >= 11 is 1.22. The van der Waals surface area contributed by atoms with Crippen LogP contribution < -0.4 is 10.7 Å². The third kappa shape index (κ3) is 5.58. The zero-order valence-electron chi connectivity index (χ0n) is 15.2. The number of carbonyl (C=O) groups excluding carboxylic acids is 1. The molecule has 4 N–H and O–H groups in total. The minimum Gasteiger partial charge on any atom is -0.507 e. The molecular formula is C19H20N6O2S. The van der Waals surface area contributed by atoms with Crippen molar-refractivity contribution in [2.75, 3.05) is 11.2 Å². The van der Waals surface area contributed by atoms with E-state index < -0.39 is 0 Å². The number of aromatic hydroxyl groups is 1. The van der Waals surface area contributed by atoms with Crippen molar-refractivity contribution >= 4 is 29.8 Å². The Bertz CT molecular complexity index is 944. The van der Waals surface area contributed by atoms with Gasteiger partial charge in [-0.15, -0.1) is 5.10 Å². The lowest BCUT2D eigenvalue weighted by atomic mass is 10.1. The number of benzene rings is 2. The first-order chi connectivity index (χ1) is 13.6. The maximum absolute atomic E-state index is 12.1. The molecule has 144 valence electrons. The summed E-state index contributed by atoms with van der Waals surface area (Å²) in [5, 5.41) is 23.8. The van der Waals surface area contributed by atoms with E-state index >= 15 is 0 Å². The first kappa shape index (κ1) is 19.4. The van der Waals surface area contributed by atoms with Crippen LogP contribution in [0.25, 0.3) is 0 Å². The lowest BCUT2D eigenvalue weighted by Crippen LogP contribution is -2.28. The van der Waals surface area contributed by atoms with Gasteiger partial charge in [0.25, 0.3) is 0 Å². The zero-order valence-corrected chi connectivity index (χ0v) is 16.0. The van der Waals surface area contributed by atoms with E-state index in [2.05, 4.69) is 31.0 Å². The molecule has 0 fully saturated rings. The molecule has 3 rings (SSSR count). The Balaban J connectivity index is 1.45. The van der Waals surface area contributed by atoms with E-state index in [0.717, 1.165) is 5.56 Å². The molecule has 8 nitrogen and oxygen atoms in total. The van der Waals surface area contributed by atoms with Crippen LogP contribution in [0.5, 0.6) is 5.75 Å². The number of rotatable bonds is 8. The Morgan fingerprint density at radius 3 is 2.79 bits per heavy atom. The summed E-state index contributed by atoms with van der Waals surface area (Å²) < 4.78 is 0. The van der Waals surface area contributed by atoms with Crippen LogP contribution in [0.1, 0.15) is 24.1 Å². The number of aromatic amines is 1. The number of H-pyrrole nitrogens is 1. The smallest absolute Gasteiger partial charge is 0.240 e. The highest BCUT2D eigenvalue weighted by Crippen LogP contribution is 2.16. The van der Waals surface area contributed by atoms with Gasteiger partial charge in [0, 0.05) is 5.56 Å². The number of para-hydroxylation sites is 1. The molecule has 0 aliphatic heterocycles. The van der Waals surface area contributed by atoms with Crippen LogP contribution in [0, 0.1) is 0 Å². The van der Waals surface area contributed by atoms with Crippen LogP contribution in [0.15, 0.2) is 64.9 Å². The van der Waals surface area contributed by atoms with Crippen LogP contribution >= 0.6 is 11.8 Å². The minimum absolute atomic E-state index is 0.0672. The number of phenolic OH excluding ortho intramolecular Hbond substituents is 1. The van der Waals surface area contributed by atoms with Crippen molar-refractivity contribution in [3.63, 3.8) is 0 Å². The Morgan fingerprint density at radius 1 is 1.25 bits per heavy atom. The fourth-order valence-electron chi connectivity index (χ4n) is 2.36. The molecule has 0 aliphatic carbocycles. The van der Waals surface area contributed by atoms with Gasteiger partial charge in [-0.1, -0.05) is 54.2 Å². The summed E-state index contributed by atoms with van der Waals surface area (Å²) in [4.78, 5) is 16.3. The predicted molar refractivity (Wildman–Crippen MR) is 109 cm³/mol. The third-order valence-corrected chi connectivity index (χ3v) is 4.63. The lowest BCUT2D eigenvalue weighted by molar-refractivity contribution is -0.119. The van der Waals surface area contributed by atoms with Crippen molar-refractivity contribution in [2.24, 2.45) is 5.10 Å². The van der Waals surface area contributed by atoms with E-state index in [0.29, 0.717) is 16.7 Å². The van der Waals surface area contributed by atoms with Gasteiger partial charge in [-0.3, -0.25) is 4.79 Å². The van der Waals surface area contributed by atoms with Crippen molar-refractivity contribution < 1.29 is 9.90 Å². The van der Waals surface area contributed by atoms with Gasteiger partial charge in [-0.25, -0.2) is 10.5 Å². The molecule has 1 amide bonds. The summed E-state index contributed by atoms with van der Waals surface area (Å²) in [5.74, 6) is 0.582. The number of anilines is 1. The van der Waals surface area contributed by atoms with Crippen molar-refractivity contribution in [3.8, 4) is 5.75 Å². The molecule has 0 saturated heterocycles. The van der Waals surface area contributed by atoms with Gasteiger partial charge in [-0.2, -0.15) is 10.1 Å². The number of nitrogens with one attached hydrogen (secondary N) is 3. The number of amides is 1. The molecule has 0 aliphatic rings. The fourth-order valence-corrected chi connectivity index (χ4v) is 2.97. The topological polar surface area (TPSA) is 115 Å². The molecule has 3 aromatic rings. The average Bonchev–Trinajstić information content (AvgIpc) is 3.16. The van der Waals surface area contributed by atoms with E-state index in [9.17, 15) is 9.90 Å². The van der Waals surface area contributed by atoms with Gasteiger partial charge in [-0.05, 0) is 24.6 Å². The summed E-state index contributed by atoms with van der Waals surface area (Å²) in [7, 11) is 0. The largest absolute Gasteiger partial charge is 0.507 e. The van der Waals surface area contributed by atoms with Gasteiger partial charge in [0.05, 0.1) is 18.0 Å². The number of hydrogen-bond acceptors (Lipinski definition) is 7. The predicted octanol–water partition coefficient (Wildman–Crippen LogP) is 2.93. The summed E-state index contributed by atoms with van der Waals surface area (Å²) in [6.07, 6.45) is 1.48. The van der Waals surface area contributed by atoms with E-state index in [-0.39, 0.29) is 23.5 Å².